The van der Waals surface area contributed by atoms with E-state index in [4.69, 9.17) is 9.47 Å². The topological polar surface area (TPSA) is 80.3 Å². The minimum Gasteiger partial charge on any atom is -0.496 e. The summed E-state index contributed by atoms with van der Waals surface area (Å²) in [6.45, 7) is 4.85. The van der Waals surface area contributed by atoms with Gasteiger partial charge < -0.3 is 14.0 Å². The monoisotopic (exact) mass is 510 g/mol. The van der Waals surface area contributed by atoms with Crippen molar-refractivity contribution in [1.29, 1.82) is 0 Å². The van der Waals surface area contributed by atoms with Crippen LogP contribution in [0.5, 0.6) is 11.5 Å². The number of hydrogen-bond donors (Lipinski definition) is 0. The van der Waals surface area contributed by atoms with Crippen molar-refractivity contribution in [2.24, 2.45) is 0 Å². The second-order valence-electron chi connectivity index (χ2n) is 9.34. The Bertz CT molecular complexity index is 1670. The van der Waals surface area contributed by atoms with E-state index in [0.29, 0.717) is 40.8 Å². The third-order valence-corrected chi connectivity index (χ3v) is 6.58. The molecule has 0 fully saturated rings. The first kappa shape index (κ1) is 25.1. The van der Waals surface area contributed by atoms with Crippen molar-refractivity contribution in [3.8, 4) is 17.2 Å². The predicted octanol–water partition coefficient (Wildman–Crippen LogP) is 4.61. The Hall–Kier alpha value is -4.59. The number of methoxy groups -OCH3 is 1. The van der Waals surface area contributed by atoms with Crippen LogP contribution in [0.15, 0.2) is 94.8 Å². The molecule has 0 aliphatic heterocycles. The minimum atomic E-state index is -0.459. The number of benzene rings is 3. The van der Waals surface area contributed by atoms with Crippen LogP contribution in [0.2, 0.25) is 0 Å². The van der Waals surface area contributed by atoms with Gasteiger partial charge in [-0.25, -0.2) is 14.3 Å². The fourth-order valence-corrected chi connectivity index (χ4v) is 4.53. The molecule has 8 nitrogen and oxygen atoms in total. The molecule has 0 N–H and O–H groups in total. The van der Waals surface area contributed by atoms with Crippen LogP contribution in [-0.2, 0) is 13.1 Å². The second-order valence-corrected chi connectivity index (χ2v) is 9.34. The van der Waals surface area contributed by atoms with Crippen LogP contribution in [-0.4, -0.2) is 32.4 Å². The standard InChI is InChI=1S/C30H30N4O4/c1-21(2)22-13-15-24(16-14-22)34-28-27(32(20-31-28)19-23-9-7-8-12-26(23)37-3)29(35)33(30(34)36)17-18-38-25-10-5-4-6-11-25/h4-16,20-21H,17-19H2,1-3H3. The van der Waals surface area contributed by atoms with Crippen molar-refractivity contribution < 1.29 is 9.47 Å². The molecule has 0 saturated carbocycles. The number of fused-ring (bicyclic) bond motifs is 1. The molecular formula is C30H30N4O4. The van der Waals surface area contributed by atoms with E-state index in [0.717, 1.165) is 11.1 Å². The molecule has 0 aliphatic carbocycles. The van der Waals surface area contributed by atoms with Gasteiger partial charge in [-0.3, -0.25) is 9.36 Å². The molecule has 0 aliphatic rings. The summed E-state index contributed by atoms with van der Waals surface area (Å²) in [5.41, 5.74) is 2.47. The summed E-state index contributed by atoms with van der Waals surface area (Å²) in [6, 6.07) is 24.7. The van der Waals surface area contributed by atoms with Crippen molar-refractivity contribution in [2.75, 3.05) is 13.7 Å². The lowest BCUT2D eigenvalue weighted by Crippen LogP contribution is -2.41. The Morgan fingerprint density at radius 3 is 2.32 bits per heavy atom. The zero-order chi connectivity index (χ0) is 26.6. The van der Waals surface area contributed by atoms with Crippen molar-refractivity contribution in [3.05, 3.63) is 117 Å². The Kier molecular flexibility index (Phi) is 7.13. The maximum atomic E-state index is 13.7. The van der Waals surface area contributed by atoms with Crippen LogP contribution in [0.3, 0.4) is 0 Å². The molecular weight excluding hydrogens is 480 g/mol. The average molecular weight is 511 g/mol. The lowest BCUT2D eigenvalue weighted by Gasteiger charge is -2.14. The lowest BCUT2D eigenvalue weighted by atomic mass is 10.0. The van der Waals surface area contributed by atoms with E-state index in [-0.39, 0.29) is 13.2 Å². The van der Waals surface area contributed by atoms with Gasteiger partial charge in [0.05, 0.1) is 32.2 Å². The number of imidazole rings is 1. The van der Waals surface area contributed by atoms with E-state index < -0.39 is 11.2 Å². The molecule has 0 saturated heterocycles. The number of nitrogens with zero attached hydrogens (tertiary/aromatic N) is 4. The highest BCUT2D eigenvalue weighted by molar-refractivity contribution is 5.72. The maximum Gasteiger partial charge on any atom is 0.337 e. The number of aromatic nitrogens is 4. The Balaban J connectivity index is 1.63. The number of hydrogen-bond acceptors (Lipinski definition) is 5. The maximum absolute atomic E-state index is 13.7. The molecule has 5 aromatic rings. The second kappa shape index (κ2) is 10.8. The molecule has 8 heteroatoms. The van der Waals surface area contributed by atoms with Crippen LogP contribution in [0, 0.1) is 0 Å². The fraction of sp³-hybridized carbons (Fsp3) is 0.233. The third kappa shape index (κ3) is 4.85. The van der Waals surface area contributed by atoms with Crippen LogP contribution < -0.4 is 20.7 Å². The van der Waals surface area contributed by atoms with Gasteiger partial charge in [0.1, 0.15) is 18.1 Å². The lowest BCUT2D eigenvalue weighted by molar-refractivity contribution is 0.293. The zero-order valence-corrected chi connectivity index (χ0v) is 21.7. The summed E-state index contributed by atoms with van der Waals surface area (Å²) in [7, 11) is 1.61. The number of ether oxygens (including phenoxy) is 2. The van der Waals surface area contributed by atoms with Gasteiger partial charge >= 0.3 is 5.69 Å². The van der Waals surface area contributed by atoms with Crippen LogP contribution in [0.25, 0.3) is 16.9 Å². The van der Waals surface area contributed by atoms with Crippen molar-refractivity contribution in [3.63, 3.8) is 0 Å². The van der Waals surface area contributed by atoms with E-state index in [1.54, 1.807) is 18.0 Å². The zero-order valence-electron chi connectivity index (χ0n) is 21.7. The summed E-state index contributed by atoms with van der Waals surface area (Å²) in [5.74, 6) is 1.74. The molecule has 3 aromatic carbocycles. The number of para-hydroxylation sites is 2. The first-order chi connectivity index (χ1) is 18.5. The first-order valence-corrected chi connectivity index (χ1v) is 12.6. The van der Waals surface area contributed by atoms with Gasteiger partial charge in [0.25, 0.3) is 5.56 Å². The Morgan fingerprint density at radius 1 is 0.895 bits per heavy atom. The Labute approximate surface area is 220 Å². The van der Waals surface area contributed by atoms with Crippen LogP contribution >= 0.6 is 0 Å². The van der Waals surface area contributed by atoms with Gasteiger partial charge in [-0.1, -0.05) is 62.4 Å². The third-order valence-electron chi connectivity index (χ3n) is 6.58. The molecule has 2 heterocycles. The average Bonchev–Trinajstić information content (AvgIpc) is 3.35. The van der Waals surface area contributed by atoms with Crippen LogP contribution in [0.1, 0.15) is 30.9 Å². The molecule has 0 amide bonds. The highest BCUT2D eigenvalue weighted by atomic mass is 16.5. The first-order valence-electron chi connectivity index (χ1n) is 12.6. The molecule has 0 radical (unpaired) electrons. The normalized spacial score (nSPS) is 11.3. The van der Waals surface area contributed by atoms with Gasteiger partial charge in [0.2, 0.25) is 0 Å². The molecule has 0 spiro atoms. The van der Waals surface area contributed by atoms with Crippen molar-refractivity contribution in [2.45, 2.75) is 32.9 Å². The molecule has 0 unspecified atom stereocenters. The summed E-state index contributed by atoms with van der Waals surface area (Å²) < 4.78 is 15.8. The van der Waals surface area contributed by atoms with E-state index in [1.807, 2.05) is 78.9 Å². The van der Waals surface area contributed by atoms with E-state index >= 15 is 0 Å². The summed E-state index contributed by atoms with van der Waals surface area (Å²) in [5, 5.41) is 0. The fourth-order valence-electron chi connectivity index (χ4n) is 4.53. The molecule has 0 atom stereocenters. The van der Waals surface area contributed by atoms with Gasteiger partial charge in [-0.05, 0) is 41.8 Å². The molecule has 2 aromatic heterocycles. The van der Waals surface area contributed by atoms with Gasteiger partial charge in [0.15, 0.2) is 11.2 Å². The summed E-state index contributed by atoms with van der Waals surface area (Å²) >= 11 is 0. The Morgan fingerprint density at radius 2 is 1.61 bits per heavy atom. The van der Waals surface area contributed by atoms with Crippen LogP contribution in [0.4, 0.5) is 0 Å². The summed E-state index contributed by atoms with van der Waals surface area (Å²) in [4.78, 5) is 32.0. The highest BCUT2D eigenvalue weighted by Gasteiger charge is 2.20. The largest absolute Gasteiger partial charge is 0.496 e. The van der Waals surface area contributed by atoms with Crippen molar-refractivity contribution in [1.82, 2.24) is 18.7 Å². The van der Waals surface area contributed by atoms with E-state index in [9.17, 15) is 9.59 Å². The summed E-state index contributed by atoms with van der Waals surface area (Å²) in [6.07, 6.45) is 1.60. The molecule has 38 heavy (non-hydrogen) atoms. The van der Waals surface area contributed by atoms with Gasteiger partial charge in [0, 0.05) is 5.56 Å². The molecule has 5 rings (SSSR count). The van der Waals surface area contributed by atoms with Crippen molar-refractivity contribution >= 4 is 11.2 Å². The number of rotatable bonds is 9. The highest BCUT2D eigenvalue weighted by Crippen LogP contribution is 2.22. The van der Waals surface area contributed by atoms with E-state index in [2.05, 4.69) is 18.8 Å². The molecule has 0 bridgehead atoms. The van der Waals surface area contributed by atoms with Gasteiger partial charge in [-0.15, -0.1) is 0 Å². The predicted molar refractivity (Wildman–Crippen MR) is 148 cm³/mol. The quantitative estimate of drug-likeness (QED) is 0.289. The minimum absolute atomic E-state index is 0.0897. The SMILES string of the molecule is COc1ccccc1Cn1cnc2c1c(=O)n(CCOc1ccccc1)c(=O)n2-c1ccc(C(C)C)cc1. The smallest absolute Gasteiger partial charge is 0.337 e. The van der Waals surface area contributed by atoms with E-state index in [1.165, 1.54) is 9.13 Å². The molecule has 194 valence electrons. The van der Waals surface area contributed by atoms with Gasteiger partial charge in [-0.2, -0.15) is 0 Å².